The van der Waals surface area contributed by atoms with E-state index in [1.54, 1.807) is 36.4 Å². The van der Waals surface area contributed by atoms with Gasteiger partial charge in [0.05, 0.1) is 0 Å². The van der Waals surface area contributed by atoms with Gasteiger partial charge < -0.3 is 20.6 Å². The minimum absolute atomic E-state index is 0.477. The van der Waals surface area contributed by atoms with Gasteiger partial charge in [-0.3, -0.25) is 4.79 Å². The summed E-state index contributed by atoms with van der Waals surface area (Å²) >= 11 is 0. The number of amides is 1. The van der Waals surface area contributed by atoms with Gasteiger partial charge in [-0.1, -0.05) is 42.5 Å². The standard InChI is InChI=1S/C19H23N3O2/c1-21-11-13-22(14-12-21)17-9-7-16(8-10-17)19(24,18(20)23)15-5-3-2-4-6-15/h2-10,24H,11-14H2,1H3,(H2,20,23). The number of hydrogen-bond donors (Lipinski definition) is 2. The van der Waals surface area contributed by atoms with Gasteiger partial charge >= 0.3 is 0 Å². The van der Waals surface area contributed by atoms with Gasteiger partial charge in [0.25, 0.3) is 5.91 Å². The van der Waals surface area contributed by atoms with Crippen molar-refractivity contribution in [3.05, 3.63) is 65.7 Å². The number of nitrogens with zero attached hydrogens (tertiary/aromatic N) is 2. The van der Waals surface area contributed by atoms with E-state index in [4.69, 9.17) is 5.73 Å². The molecule has 0 aromatic heterocycles. The number of carbonyl (C=O) groups is 1. The topological polar surface area (TPSA) is 69.8 Å². The first kappa shape index (κ1) is 16.5. The highest BCUT2D eigenvalue weighted by atomic mass is 16.3. The lowest BCUT2D eigenvalue weighted by molar-refractivity contribution is -0.133. The van der Waals surface area contributed by atoms with Crippen molar-refractivity contribution in [1.82, 2.24) is 4.90 Å². The molecule has 0 radical (unpaired) electrons. The number of hydrogen-bond acceptors (Lipinski definition) is 4. The van der Waals surface area contributed by atoms with Crippen LogP contribution in [0.4, 0.5) is 5.69 Å². The SMILES string of the molecule is CN1CCN(c2ccc(C(O)(C(N)=O)c3ccccc3)cc2)CC1. The summed E-state index contributed by atoms with van der Waals surface area (Å²) in [7, 11) is 2.12. The molecule has 24 heavy (non-hydrogen) atoms. The molecule has 1 unspecified atom stereocenters. The number of piperazine rings is 1. The second-order valence-electron chi connectivity index (χ2n) is 6.28. The van der Waals surface area contributed by atoms with Gasteiger partial charge in [-0.2, -0.15) is 0 Å². The summed E-state index contributed by atoms with van der Waals surface area (Å²) in [5.74, 6) is -0.777. The summed E-state index contributed by atoms with van der Waals surface area (Å²) in [6.07, 6.45) is 0. The van der Waals surface area contributed by atoms with E-state index >= 15 is 0 Å². The van der Waals surface area contributed by atoms with Crippen LogP contribution in [0.15, 0.2) is 54.6 Å². The maximum atomic E-state index is 12.0. The van der Waals surface area contributed by atoms with Crippen molar-refractivity contribution in [2.45, 2.75) is 5.60 Å². The second-order valence-corrected chi connectivity index (χ2v) is 6.28. The smallest absolute Gasteiger partial charge is 0.258 e. The molecular formula is C19H23N3O2. The van der Waals surface area contributed by atoms with Gasteiger partial charge in [-0.05, 0) is 30.3 Å². The summed E-state index contributed by atoms with van der Waals surface area (Å²) in [6.45, 7) is 3.98. The van der Waals surface area contributed by atoms with Gasteiger partial charge in [-0.15, -0.1) is 0 Å². The Labute approximate surface area is 142 Å². The van der Waals surface area contributed by atoms with Gasteiger partial charge in [0.15, 0.2) is 5.60 Å². The lowest BCUT2D eigenvalue weighted by Crippen LogP contribution is -2.44. The number of anilines is 1. The van der Waals surface area contributed by atoms with Crippen molar-refractivity contribution in [3.63, 3.8) is 0 Å². The summed E-state index contributed by atoms with van der Waals surface area (Å²) in [5, 5.41) is 11.0. The predicted octanol–water partition coefficient (Wildman–Crippen LogP) is 1.16. The molecule has 1 aliphatic rings. The molecule has 1 amide bonds. The number of nitrogens with two attached hydrogens (primary N) is 1. The first-order valence-corrected chi connectivity index (χ1v) is 8.13. The van der Waals surface area contributed by atoms with E-state index in [0.29, 0.717) is 11.1 Å². The molecule has 5 nitrogen and oxygen atoms in total. The van der Waals surface area contributed by atoms with Gasteiger partial charge in [0, 0.05) is 31.9 Å². The van der Waals surface area contributed by atoms with Crippen LogP contribution < -0.4 is 10.6 Å². The maximum Gasteiger partial charge on any atom is 0.258 e. The van der Waals surface area contributed by atoms with Crippen molar-refractivity contribution < 1.29 is 9.90 Å². The van der Waals surface area contributed by atoms with Crippen LogP contribution in [-0.2, 0) is 10.4 Å². The molecule has 1 atom stereocenters. The van der Waals surface area contributed by atoms with E-state index in [1.807, 2.05) is 18.2 Å². The summed E-state index contributed by atoms with van der Waals surface area (Å²) < 4.78 is 0. The molecule has 1 saturated heterocycles. The average molecular weight is 325 g/mol. The number of rotatable bonds is 4. The molecule has 0 spiro atoms. The van der Waals surface area contributed by atoms with Crippen LogP contribution in [-0.4, -0.2) is 49.1 Å². The lowest BCUT2D eigenvalue weighted by atomic mass is 9.85. The van der Waals surface area contributed by atoms with Crippen LogP contribution >= 0.6 is 0 Å². The first-order valence-electron chi connectivity index (χ1n) is 8.13. The molecular weight excluding hydrogens is 302 g/mol. The Morgan fingerprint density at radius 2 is 1.50 bits per heavy atom. The number of aliphatic hydroxyl groups is 1. The van der Waals surface area contributed by atoms with E-state index in [1.165, 1.54) is 0 Å². The predicted molar refractivity (Wildman–Crippen MR) is 94.8 cm³/mol. The van der Waals surface area contributed by atoms with Crippen LogP contribution in [0.25, 0.3) is 0 Å². The highest BCUT2D eigenvalue weighted by Crippen LogP contribution is 2.31. The molecule has 3 N–H and O–H groups in total. The minimum Gasteiger partial charge on any atom is -0.372 e. The zero-order valence-corrected chi connectivity index (χ0v) is 13.9. The van der Waals surface area contributed by atoms with E-state index in [0.717, 1.165) is 31.9 Å². The molecule has 126 valence electrons. The Balaban J connectivity index is 1.89. The molecule has 0 aliphatic carbocycles. The minimum atomic E-state index is -1.82. The molecule has 3 rings (SSSR count). The third-order valence-electron chi connectivity index (χ3n) is 4.70. The summed E-state index contributed by atoms with van der Waals surface area (Å²) in [5.41, 5.74) is 5.76. The van der Waals surface area contributed by atoms with Crippen LogP contribution in [0.3, 0.4) is 0 Å². The summed E-state index contributed by atoms with van der Waals surface area (Å²) in [4.78, 5) is 16.6. The Bertz CT molecular complexity index is 694. The van der Waals surface area contributed by atoms with E-state index in [2.05, 4.69) is 16.8 Å². The molecule has 0 bridgehead atoms. The van der Waals surface area contributed by atoms with E-state index in [9.17, 15) is 9.90 Å². The third-order valence-corrected chi connectivity index (χ3v) is 4.70. The van der Waals surface area contributed by atoms with Crippen molar-refractivity contribution in [3.8, 4) is 0 Å². The zero-order valence-electron chi connectivity index (χ0n) is 13.9. The second kappa shape index (κ2) is 6.63. The molecule has 0 saturated carbocycles. The highest BCUT2D eigenvalue weighted by molar-refractivity contribution is 5.88. The fourth-order valence-electron chi connectivity index (χ4n) is 3.11. The molecule has 1 heterocycles. The van der Waals surface area contributed by atoms with Crippen LogP contribution in [0.5, 0.6) is 0 Å². The largest absolute Gasteiger partial charge is 0.372 e. The van der Waals surface area contributed by atoms with Crippen LogP contribution in [0.2, 0.25) is 0 Å². The summed E-state index contributed by atoms with van der Waals surface area (Å²) in [6, 6.07) is 16.3. The van der Waals surface area contributed by atoms with Crippen molar-refractivity contribution in [2.24, 2.45) is 5.73 Å². The van der Waals surface area contributed by atoms with E-state index < -0.39 is 11.5 Å². The monoisotopic (exact) mass is 325 g/mol. The number of primary amides is 1. The molecule has 5 heteroatoms. The molecule has 2 aromatic rings. The van der Waals surface area contributed by atoms with Gasteiger partial charge in [-0.25, -0.2) is 0 Å². The highest BCUT2D eigenvalue weighted by Gasteiger charge is 2.38. The van der Waals surface area contributed by atoms with Crippen LogP contribution in [0, 0.1) is 0 Å². The molecule has 2 aromatic carbocycles. The quantitative estimate of drug-likeness (QED) is 0.885. The molecule has 1 aliphatic heterocycles. The first-order chi connectivity index (χ1) is 11.5. The Kier molecular flexibility index (Phi) is 4.55. The fraction of sp³-hybridized carbons (Fsp3) is 0.316. The molecule has 1 fully saturated rings. The maximum absolute atomic E-state index is 12.0. The van der Waals surface area contributed by atoms with Crippen molar-refractivity contribution in [2.75, 3.05) is 38.1 Å². The average Bonchev–Trinajstić information content (AvgIpc) is 2.62. The van der Waals surface area contributed by atoms with Crippen molar-refractivity contribution >= 4 is 11.6 Å². The Morgan fingerprint density at radius 3 is 2.04 bits per heavy atom. The van der Waals surface area contributed by atoms with Crippen LogP contribution in [0.1, 0.15) is 11.1 Å². The van der Waals surface area contributed by atoms with E-state index in [-0.39, 0.29) is 0 Å². The number of likely N-dealkylation sites (N-methyl/N-ethyl adjacent to an activating group) is 1. The van der Waals surface area contributed by atoms with Crippen molar-refractivity contribution in [1.29, 1.82) is 0 Å². The number of benzene rings is 2. The third kappa shape index (κ3) is 3.00. The Hall–Kier alpha value is -2.37. The normalized spacial score (nSPS) is 18.2. The van der Waals surface area contributed by atoms with Gasteiger partial charge in [0.1, 0.15) is 0 Å². The fourth-order valence-corrected chi connectivity index (χ4v) is 3.11. The lowest BCUT2D eigenvalue weighted by Gasteiger charge is -2.34. The van der Waals surface area contributed by atoms with Gasteiger partial charge in [0.2, 0.25) is 0 Å². The number of carbonyl (C=O) groups excluding carboxylic acids is 1. The zero-order chi connectivity index (χ0) is 17.2. The Morgan fingerprint density at radius 1 is 0.958 bits per heavy atom.